The molecule has 0 unspecified atom stereocenters. The number of halogens is 2. The Hall–Kier alpha value is -9.53. The highest BCUT2D eigenvalue weighted by atomic mass is 19.3. The molecule has 0 bridgehead atoms. The van der Waals surface area contributed by atoms with Gasteiger partial charge in [-0.2, -0.15) is 5.10 Å². The van der Waals surface area contributed by atoms with Crippen LogP contribution in [-0.2, 0) is 53.0 Å². The van der Waals surface area contributed by atoms with Crippen molar-refractivity contribution in [2.75, 3.05) is 55.5 Å². The Kier molecular flexibility index (Phi) is 21.9. The molecule has 3 saturated carbocycles. The van der Waals surface area contributed by atoms with Crippen LogP contribution in [0.15, 0.2) is 135 Å². The lowest BCUT2D eigenvalue weighted by molar-refractivity contribution is -0.154. The van der Waals surface area contributed by atoms with Gasteiger partial charge in [0.25, 0.3) is 11.8 Å². The predicted molar refractivity (Wildman–Crippen MR) is 354 cm³/mol. The molecule has 3 aromatic heterocycles. The molecule has 0 spiro atoms. The first-order valence-electron chi connectivity index (χ1n) is 32.5. The summed E-state index contributed by atoms with van der Waals surface area (Å²) in [6, 6.07) is 31.9. The van der Waals surface area contributed by atoms with Crippen LogP contribution in [0.25, 0.3) is 33.5 Å². The van der Waals surface area contributed by atoms with Crippen LogP contribution >= 0.6 is 0 Å². The summed E-state index contributed by atoms with van der Waals surface area (Å²) in [4.78, 5) is 74.0. The van der Waals surface area contributed by atoms with E-state index in [9.17, 15) is 32.8 Å². The van der Waals surface area contributed by atoms with Crippen molar-refractivity contribution in [1.29, 1.82) is 0 Å². The number of nitrogens with two attached hydrogens (primary N) is 3. The van der Waals surface area contributed by atoms with E-state index >= 15 is 0 Å². The van der Waals surface area contributed by atoms with Crippen LogP contribution in [-0.4, -0.2) is 129 Å². The minimum Gasteiger partial charge on any atom is -0.490 e. The van der Waals surface area contributed by atoms with Crippen LogP contribution in [0.4, 0.5) is 26.0 Å². The number of likely N-dealkylation sites (tertiary alicyclic amines) is 1. The number of aromatic nitrogens is 5. The summed E-state index contributed by atoms with van der Waals surface area (Å²) in [6.07, 6.45) is 12.4. The number of alkyl halides is 2. The summed E-state index contributed by atoms with van der Waals surface area (Å²) in [5.74, 6) is -1.93. The first kappa shape index (κ1) is 67.9. The number of pyridine rings is 2. The number of anilines is 3. The molecule has 3 aliphatic heterocycles. The summed E-state index contributed by atoms with van der Waals surface area (Å²) >= 11 is 0. The van der Waals surface area contributed by atoms with Crippen molar-refractivity contribution in [1.82, 2.24) is 30.0 Å². The number of H-pyrrole nitrogens is 1. The van der Waals surface area contributed by atoms with Gasteiger partial charge in [0.1, 0.15) is 41.6 Å². The van der Waals surface area contributed by atoms with E-state index in [1.807, 2.05) is 78.9 Å². The molecular weight excluding hydrogens is 1230 g/mol. The molecule has 6 heterocycles. The maximum absolute atomic E-state index is 15.0. The third-order valence-electron chi connectivity index (χ3n) is 17.5. The van der Waals surface area contributed by atoms with Crippen LogP contribution in [0.3, 0.4) is 0 Å². The lowest BCUT2D eigenvalue weighted by Gasteiger charge is -2.38. The number of hydrogen-bond donors (Lipinski definition) is 7. The van der Waals surface area contributed by atoms with E-state index in [1.54, 1.807) is 42.7 Å². The van der Waals surface area contributed by atoms with Crippen molar-refractivity contribution in [3.8, 4) is 50.8 Å². The Labute approximate surface area is 554 Å². The number of piperidine rings is 1. The van der Waals surface area contributed by atoms with Gasteiger partial charge in [-0.1, -0.05) is 30.3 Å². The first-order valence-corrected chi connectivity index (χ1v) is 32.5. The number of esters is 1. The fourth-order valence-electron chi connectivity index (χ4n) is 11.6. The van der Waals surface area contributed by atoms with Gasteiger partial charge in [-0.25, -0.2) is 18.7 Å². The van der Waals surface area contributed by atoms with E-state index < -0.39 is 36.0 Å². The van der Waals surface area contributed by atoms with Crippen molar-refractivity contribution in [3.05, 3.63) is 157 Å². The maximum atomic E-state index is 15.0. The summed E-state index contributed by atoms with van der Waals surface area (Å²) in [6.45, 7) is 8.10. The van der Waals surface area contributed by atoms with Crippen molar-refractivity contribution >= 4 is 46.8 Å². The second kappa shape index (κ2) is 30.9. The number of aromatic amines is 1. The highest BCUT2D eigenvalue weighted by molar-refractivity contribution is 6.01. The topological polar surface area (TPSA) is 325 Å². The zero-order valence-electron chi connectivity index (χ0n) is 53.4. The highest BCUT2D eigenvalue weighted by Gasteiger charge is 2.54. The zero-order chi connectivity index (χ0) is 67.3. The molecule has 3 saturated heterocycles. The number of carbonyl (C=O) groups is 5. The number of ether oxygens (including phenoxy) is 6. The molecule has 3 atom stereocenters. The molecule has 504 valence electrons. The van der Waals surface area contributed by atoms with Crippen LogP contribution in [0.5, 0.6) is 17.2 Å². The molecule has 3 aliphatic carbocycles. The SMILES string of the molecule is C=C[C@@H]1C[C@H]1C(=O)Nc1cc(-c2ccc(OC3CCOCC3)c(CN)c2)ccn1.CC(=O)OC1(C(=O)Nc2cccc(-c3ccc(OC4CCOCC4)c(CN)c3)c2)CC1.NCc1cc(-c2cc(NC(=O)C3CC3)ccn2)ccc1O[C@H]1CCN(C(=O)c2ncn[nH]2)CC1(F)F. The fourth-order valence-corrected chi connectivity index (χ4v) is 11.6. The van der Waals surface area contributed by atoms with Crippen molar-refractivity contribution in [2.24, 2.45) is 35.0 Å². The number of allylic oxidation sites excluding steroid dienone is 1. The molecule has 25 heteroatoms. The minimum atomic E-state index is -3.28. The summed E-state index contributed by atoms with van der Waals surface area (Å²) in [5.41, 5.74) is 25.8. The van der Waals surface area contributed by atoms with Crippen LogP contribution < -0.4 is 47.4 Å². The third kappa shape index (κ3) is 17.5. The second-order valence-corrected chi connectivity index (χ2v) is 24.6. The Bertz CT molecular complexity index is 3910. The average Bonchev–Trinajstić information content (AvgIpc) is 1.25. The normalized spacial score (nSPS) is 19.3. The van der Waals surface area contributed by atoms with Gasteiger partial charge in [0.15, 0.2) is 11.7 Å². The second-order valence-electron chi connectivity index (χ2n) is 24.6. The molecule has 6 fully saturated rings. The standard InChI is InChI=1S/C24H25F2N7O3.C24H28N2O5.C23H27N3O3/c25-24(26)12-33(23(35)21-29-13-30-32-21)8-6-20(24)36-19-4-3-15(9-16(19)11-27)18-10-17(5-7-28-18)31-22(34)14-1-2-14;1-16(27)31-24(9-10-24)23(28)26-20-4-2-3-17(14-20)18-5-6-22(19(13-18)15-25)30-21-7-11-29-12-8-21;1-2-15-12-20(15)23(27)26-22-13-17(5-8-25-22)16-3-4-21(18(11-16)14-24)29-19-6-9-28-10-7-19/h3-5,7,9-10,13-14,20H,1-2,6,8,11-12,27H2,(H,28,31,34)(H,29,30,32);2-6,13-14,21H,7-12,15,25H2,1H3,(H,26,28);2-5,8,11,13,15,19-20H,1,6-7,9-10,12,14,24H2,(H,25,26,27)/t20-;;15-,20-/m0.1/s1. The zero-order valence-corrected chi connectivity index (χ0v) is 53.4. The molecule has 13 rings (SSSR count). The number of amides is 4. The van der Waals surface area contributed by atoms with Crippen LogP contribution in [0.1, 0.15) is 98.4 Å². The van der Waals surface area contributed by atoms with Gasteiger partial charge < -0.3 is 66.5 Å². The van der Waals surface area contributed by atoms with Gasteiger partial charge in [0.2, 0.25) is 17.6 Å². The first-order chi connectivity index (χ1) is 46.5. The lowest BCUT2D eigenvalue weighted by atomic mass is 10.0. The molecule has 6 aliphatic rings. The van der Waals surface area contributed by atoms with E-state index in [0.29, 0.717) is 59.9 Å². The van der Waals surface area contributed by atoms with E-state index in [4.69, 9.17) is 45.6 Å². The van der Waals surface area contributed by atoms with Gasteiger partial charge >= 0.3 is 11.9 Å². The number of nitrogens with one attached hydrogen (secondary N) is 4. The van der Waals surface area contributed by atoms with E-state index in [1.165, 1.54) is 6.92 Å². The van der Waals surface area contributed by atoms with Gasteiger partial charge in [0.05, 0.1) is 38.7 Å². The molecule has 4 amide bonds. The van der Waals surface area contributed by atoms with Gasteiger partial charge in [-0.3, -0.25) is 34.1 Å². The summed E-state index contributed by atoms with van der Waals surface area (Å²) in [7, 11) is 0. The maximum Gasteiger partial charge on any atom is 0.303 e. The average molecular weight is 1320 g/mol. The molecular formula is C71H80F2N12O11. The van der Waals surface area contributed by atoms with Crippen molar-refractivity contribution < 1.29 is 61.2 Å². The van der Waals surface area contributed by atoms with E-state index in [0.717, 1.165) is 127 Å². The number of benzene rings is 4. The van der Waals surface area contributed by atoms with Gasteiger partial charge in [-0.15, -0.1) is 6.58 Å². The Morgan fingerprint density at radius 1 is 0.656 bits per heavy atom. The molecule has 96 heavy (non-hydrogen) atoms. The summed E-state index contributed by atoms with van der Waals surface area (Å²) in [5, 5.41) is 14.7. The van der Waals surface area contributed by atoms with Crippen LogP contribution in [0.2, 0.25) is 0 Å². The number of nitrogens with zero attached hydrogens (tertiary/aromatic N) is 5. The van der Waals surface area contributed by atoms with Crippen molar-refractivity contribution in [3.63, 3.8) is 0 Å². The quantitative estimate of drug-likeness (QED) is 0.0260. The van der Waals surface area contributed by atoms with Crippen LogP contribution in [0, 0.1) is 17.8 Å². The predicted octanol–water partition coefficient (Wildman–Crippen LogP) is 9.53. The monoisotopic (exact) mass is 1310 g/mol. The Morgan fingerprint density at radius 3 is 1.80 bits per heavy atom. The van der Waals surface area contributed by atoms with E-state index in [-0.39, 0.29) is 78.8 Å². The lowest BCUT2D eigenvalue weighted by Crippen LogP contribution is -2.55. The molecule has 10 N–H and O–H groups in total. The molecule has 23 nitrogen and oxygen atoms in total. The third-order valence-corrected chi connectivity index (χ3v) is 17.5. The minimum absolute atomic E-state index is 0.00223. The number of carbonyl (C=O) groups excluding carboxylic acids is 5. The largest absolute Gasteiger partial charge is 0.490 e. The highest BCUT2D eigenvalue weighted by Crippen LogP contribution is 2.43. The molecule has 0 radical (unpaired) electrons. The smallest absolute Gasteiger partial charge is 0.303 e. The number of hydrogen-bond acceptors (Lipinski definition) is 18. The Morgan fingerprint density at radius 2 is 1.24 bits per heavy atom. The number of rotatable bonds is 21. The van der Waals surface area contributed by atoms with E-state index in [2.05, 4.69) is 47.7 Å². The van der Waals surface area contributed by atoms with Gasteiger partial charge in [-0.05, 0) is 126 Å². The Balaban J connectivity index is 0.000000147. The molecule has 7 aromatic rings. The van der Waals surface area contributed by atoms with Crippen molar-refractivity contribution in [2.45, 2.75) is 121 Å². The fraction of sp³-hybridized carbons (Fsp3) is 0.394. The molecule has 4 aromatic carbocycles. The van der Waals surface area contributed by atoms with Gasteiger partial charge in [0, 0.05) is 136 Å². The summed E-state index contributed by atoms with van der Waals surface area (Å²) < 4.78 is 64.0.